The summed E-state index contributed by atoms with van der Waals surface area (Å²) in [6, 6.07) is 8.39. The lowest BCUT2D eigenvalue weighted by Gasteiger charge is -2.46. The Morgan fingerprint density at radius 2 is 2.03 bits per heavy atom. The molecule has 2 saturated heterocycles. The number of ether oxygens (including phenoxy) is 3. The van der Waals surface area contributed by atoms with Crippen LogP contribution in [0.4, 0.5) is 4.39 Å². The van der Waals surface area contributed by atoms with Gasteiger partial charge >= 0.3 is 0 Å². The van der Waals surface area contributed by atoms with E-state index in [2.05, 4.69) is 4.74 Å². The Bertz CT molecular complexity index is 1060. The van der Waals surface area contributed by atoms with Crippen molar-refractivity contribution in [3.8, 4) is 5.75 Å². The molecule has 2 aromatic rings. The maximum atomic E-state index is 14.3. The van der Waals surface area contributed by atoms with E-state index in [4.69, 9.17) is 25.2 Å². The van der Waals surface area contributed by atoms with Gasteiger partial charge in [-0.05, 0) is 41.8 Å². The largest absolute Gasteiger partial charge is 0.494 e. The lowest BCUT2D eigenvalue weighted by atomic mass is 9.83. The molecule has 2 aliphatic rings. The summed E-state index contributed by atoms with van der Waals surface area (Å²) in [5, 5.41) is 41.4. The second-order valence-corrected chi connectivity index (χ2v) is 7.92. The molecule has 0 amide bonds. The van der Waals surface area contributed by atoms with Gasteiger partial charge in [0.1, 0.15) is 23.9 Å². The third kappa shape index (κ3) is 3.20. The second-order valence-electron chi connectivity index (χ2n) is 7.51. The molecule has 7 nitrogen and oxygen atoms in total. The summed E-state index contributed by atoms with van der Waals surface area (Å²) in [6.45, 7) is -0.920. The van der Waals surface area contributed by atoms with E-state index in [1.54, 1.807) is 6.07 Å². The lowest BCUT2D eigenvalue weighted by molar-refractivity contribution is -0.329. The quantitative estimate of drug-likeness (QED) is 0.548. The first-order valence-corrected chi connectivity index (χ1v) is 9.54. The fourth-order valence-electron chi connectivity index (χ4n) is 3.96. The summed E-state index contributed by atoms with van der Waals surface area (Å²) in [7, 11) is -2.79. The number of hydrogen-bond donors (Lipinski definition) is 4. The monoisotopic (exact) mass is 443 g/mol. The van der Waals surface area contributed by atoms with Crippen LogP contribution in [0.3, 0.4) is 0 Å². The van der Waals surface area contributed by atoms with Gasteiger partial charge in [0.25, 0.3) is 0 Å². The number of benzene rings is 2. The van der Waals surface area contributed by atoms with Gasteiger partial charge in [-0.2, -0.15) is 0 Å². The number of rotatable bonds is 5. The molecule has 4 rings (SSSR count). The Labute approximate surface area is 181 Å². The molecule has 0 aromatic heterocycles. The van der Waals surface area contributed by atoms with Crippen LogP contribution in [-0.4, -0.2) is 64.6 Å². The Morgan fingerprint density at radius 3 is 2.73 bits per heavy atom. The third-order valence-corrected chi connectivity index (χ3v) is 6.05. The van der Waals surface area contributed by atoms with Gasteiger partial charge in [0.2, 0.25) is 5.79 Å². The molecule has 2 heterocycles. The average Bonchev–Trinajstić information content (AvgIpc) is 3.14. The number of hydrogen-bond acceptors (Lipinski definition) is 7. The molecule has 162 valence electrons. The van der Waals surface area contributed by atoms with Crippen molar-refractivity contribution in [2.45, 2.75) is 36.1 Å². The van der Waals surface area contributed by atoms with E-state index in [0.717, 1.165) is 6.07 Å². The molecular formula is C21H22ClFO7. The van der Waals surface area contributed by atoms with E-state index in [1.165, 1.54) is 24.3 Å². The van der Waals surface area contributed by atoms with Crippen LogP contribution < -0.4 is 4.74 Å². The molecule has 0 spiro atoms. The molecule has 0 saturated carbocycles. The van der Waals surface area contributed by atoms with Crippen molar-refractivity contribution in [2.24, 2.45) is 0 Å². The van der Waals surface area contributed by atoms with Gasteiger partial charge in [-0.1, -0.05) is 23.7 Å². The average molecular weight is 444 g/mol. The van der Waals surface area contributed by atoms with Crippen molar-refractivity contribution in [2.75, 3.05) is 20.3 Å². The van der Waals surface area contributed by atoms with Gasteiger partial charge in [0.15, 0.2) is 11.6 Å². The molecule has 2 bridgehead atoms. The van der Waals surface area contributed by atoms with Crippen LogP contribution in [-0.2, 0) is 21.7 Å². The maximum Gasteiger partial charge on any atom is 0.225 e. The second kappa shape index (κ2) is 7.72. The van der Waals surface area contributed by atoms with Crippen molar-refractivity contribution in [1.29, 1.82) is 0 Å². The number of fused-ring (bicyclic) bond motifs is 2. The minimum atomic E-state index is -2.79. The van der Waals surface area contributed by atoms with Crippen molar-refractivity contribution in [1.82, 2.24) is 0 Å². The summed E-state index contributed by atoms with van der Waals surface area (Å²) in [6.07, 6.45) is -4.76. The molecule has 2 aromatic carbocycles. The van der Waals surface area contributed by atoms with E-state index in [1.807, 2.05) is 0 Å². The predicted octanol–water partition coefficient (Wildman–Crippen LogP) is 1.11. The van der Waals surface area contributed by atoms with Gasteiger partial charge in [-0.25, -0.2) is 4.39 Å². The van der Waals surface area contributed by atoms with E-state index in [0.29, 0.717) is 16.1 Å². The third-order valence-electron chi connectivity index (χ3n) is 5.68. The van der Waals surface area contributed by atoms with Gasteiger partial charge in [-0.3, -0.25) is 0 Å². The molecule has 1 unspecified atom stereocenters. The van der Waals surface area contributed by atoms with Crippen LogP contribution in [0.5, 0.6) is 5.75 Å². The number of aliphatic hydroxyl groups excluding tert-OH is 4. The van der Waals surface area contributed by atoms with Crippen molar-refractivity contribution < 1.29 is 43.1 Å². The van der Waals surface area contributed by atoms with Crippen molar-refractivity contribution in [3.63, 3.8) is 0 Å². The first-order valence-electron chi connectivity index (χ1n) is 10.7. The minimum absolute atomic E-state index is 0.125. The number of aliphatic hydroxyl groups is 4. The molecule has 9 heteroatoms. The zero-order chi connectivity index (χ0) is 24.2. The first kappa shape index (κ1) is 17.9. The molecule has 30 heavy (non-hydrogen) atoms. The highest BCUT2D eigenvalue weighted by atomic mass is 35.5. The highest BCUT2D eigenvalue weighted by molar-refractivity contribution is 6.31. The zero-order valence-corrected chi connectivity index (χ0v) is 16.3. The fourth-order valence-corrected chi connectivity index (χ4v) is 4.14. The molecule has 0 aliphatic carbocycles. The van der Waals surface area contributed by atoms with E-state index in [-0.39, 0.29) is 18.6 Å². The molecular weight excluding hydrogens is 419 g/mol. The van der Waals surface area contributed by atoms with Crippen LogP contribution in [0.15, 0.2) is 36.4 Å². The standard InChI is InChI=1S/C21H22ClFO7/c1-28-16-5-2-11(7-15(16)23)6-12-8-13(3-4-14(12)22)21-19(27)17(25)18(26)20(9-24,30-21)10-29-21/h2-5,7-8,17-19,24-27H,6,9-10H2,1H3/t17-,18-,19+,20+,21?/m0/s1/i1D3. The lowest BCUT2D eigenvalue weighted by Crippen LogP contribution is -2.65. The zero-order valence-electron chi connectivity index (χ0n) is 18.6. The SMILES string of the molecule is [2H]C([2H])([2H])Oc1ccc(Cc2cc(C34OC[C@@](CO)(O3)[C@@H](O)[C@H](O)[C@H]4O)ccc2Cl)cc1F. The van der Waals surface area contributed by atoms with Gasteiger partial charge in [-0.15, -0.1) is 0 Å². The Morgan fingerprint density at radius 1 is 1.23 bits per heavy atom. The van der Waals surface area contributed by atoms with Crippen LogP contribution >= 0.6 is 11.6 Å². The summed E-state index contributed by atoms with van der Waals surface area (Å²) >= 11 is 6.32. The Hall–Kier alpha value is -1.78. The highest BCUT2D eigenvalue weighted by Crippen LogP contribution is 2.49. The minimum Gasteiger partial charge on any atom is -0.494 e. The molecule has 5 atom stereocenters. The Kier molecular flexibility index (Phi) is 4.60. The van der Waals surface area contributed by atoms with Gasteiger partial charge in [0, 0.05) is 10.6 Å². The topological polar surface area (TPSA) is 109 Å². The predicted molar refractivity (Wildman–Crippen MR) is 104 cm³/mol. The summed E-state index contributed by atoms with van der Waals surface area (Å²) in [4.78, 5) is 0. The first-order chi connectivity index (χ1) is 15.4. The summed E-state index contributed by atoms with van der Waals surface area (Å²) in [5.74, 6) is -3.13. The Balaban J connectivity index is 1.65. The van der Waals surface area contributed by atoms with Crippen LogP contribution in [0, 0.1) is 5.82 Å². The maximum absolute atomic E-state index is 14.3. The van der Waals surface area contributed by atoms with Crippen LogP contribution in [0.25, 0.3) is 0 Å². The summed E-state index contributed by atoms with van der Waals surface area (Å²) in [5.41, 5.74) is -0.382. The molecule has 0 radical (unpaired) electrons. The van der Waals surface area contributed by atoms with Crippen molar-refractivity contribution in [3.05, 3.63) is 63.9 Å². The van der Waals surface area contributed by atoms with Crippen LogP contribution in [0.1, 0.15) is 20.8 Å². The van der Waals surface area contributed by atoms with Gasteiger partial charge < -0.3 is 34.6 Å². The fraction of sp³-hybridized carbons (Fsp3) is 0.429. The molecule has 2 fully saturated rings. The van der Waals surface area contributed by atoms with E-state index < -0.39 is 54.9 Å². The van der Waals surface area contributed by atoms with Crippen molar-refractivity contribution >= 4 is 11.6 Å². The number of methoxy groups -OCH3 is 1. The van der Waals surface area contributed by atoms with Crippen LogP contribution in [0.2, 0.25) is 5.02 Å². The normalized spacial score (nSPS) is 34.9. The van der Waals surface area contributed by atoms with E-state index >= 15 is 0 Å². The number of halogens is 2. The van der Waals surface area contributed by atoms with E-state index in [9.17, 15) is 24.8 Å². The molecule has 4 N–H and O–H groups in total. The smallest absolute Gasteiger partial charge is 0.225 e. The highest BCUT2D eigenvalue weighted by Gasteiger charge is 2.67. The van der Waals surface area contributed by atoms with Gasteiger partial charge in [0.05, 0.1) is 24.4 Å². The summed E-state index contributed by atoms with van der Waals surface area (Å²) < 4.78 is 51.7. The molecule has 2 aliphatic heterocycles.